The zero-order valence-corrected chi connectivity index (χ0v) is 43.1. The molecule has 0 saturated carbocycles. The molecule has 0 aliphatic rings. The number of amides is 6. The molecular weight excluding hydrogens is 1080 g/mol. The Kier molecular flexibility index (Phi) is 19.5. The highest BCUT2D eigenvalue weighted by Gasteiger charge is 2.36. The van der Waals surface area contributed by atoms with Gasteiger partial charge < -0.3 is 91.6 Å². The minimum atomic E-state index is -2.28. The molecule has 6 atom stereocenters. The summed E-state index contributed by atoms with van der Waals surface area (Å²) in [6.07, 6.45) is -10.4. The monoisotopic (exact) mass is 1130 g/mol. The standard InChI is InChI=1S/C49H53Cl2N21O8/c50-26-15-10-23(11-16-26)30-20-31(24-12-17-27(51)18-13-24)62-49(61-30)72(21-29-28-9-5-4-6-22(28)14-19-32(29)73)44(80)43(79)63-33(25-7-2-1-3-8-25)39(75)65-36(69-46(55)56)41(77)67-38(71-48(59)60)42(78)66-37(70-47(57)58)40(76)64-35(34(52)74)68-45(53)54/h1-20,33,35-38,44,73,80H,21H2,(H2,52,74)(H,63,79)(H,64,76)(H,65,75)(H,66,78)(H,67,77)(H4,53,54,68)(H4,55,56,69)(H4,57,58,70)(H4,59,60,71). The summed E-state index contributed by atoms with van der Waals surface area (Å²) in [5.74, 6) is -11.8. The number of guanidine groups is 4. The third-order valence-electron chi connectivity index (χ3n) is 11.2. The van der Waals surface area contributed by atoms with Crippen LogP contribution in [0, 0.1) is 21.6 Å². The minimum absolute atomic E-state index is 0.0756. The van der Waals surface area contributed by atoms with Crippen LogP contribution in [0.4, 0.5) is 5.95 Å². The zero-order chi connectivity index (χ0) is 58.4. The van der Waals surface area contributed by atoms with Gasteiger partial charge in [-0.05, 0) is 52.7 Å². The Morgan fingerprint density at radius 3 is 1.40 bits per heavy atom. The first-order chi connectivity index (χ1) is 38.0. The summed E-state index contributed by atoms with van der Waals surface area (Å²) in [4.78, 5) is 92.9. The zero-order valence-electron chi connectivity index (χ0n) is 41.5. The third-order valence-corrected chi connectivity index (χ3v) is 11.7. The highest BCUT2D eigenvalue weighted by atomic mass is 35.5. The van der Waals surface area contributed by atoms with Crippen LogP contribution < -0.4 is 81.4 Å². The molecule has 0 aliphatic heterocycles. The molecule has 0 spiro atoms. The summed E-state index contributed by atoms with van der Waals surface area (Å²) in [5.41, 5.74) is 29.1. The maximum atomic E-state index is 14.8. The molecule has 1 aromatic heterocycles. The number of nitrogens with two attached hydrogens (primary N) is 5. The molecule has 0 bridgehead atoms. The van der Waals surface area contributed by atoms with E-state index in [2.05, 4.69) is 42.5 Å². The molecule has 6 unspecified atom stereocenters. The van der Waals surface area contributed by atoms with E-state index in [4.69, 9.17) is 83.5 Å². The van der Waals surface area contributed by atoms with Crippen molar-refractivity contribution in [2.24, 2.45) is 28.7 Å². The fourth-order valence-electron chi connectivity index (χ4n) is 7.54. The molecule has 80 heavy (non-hydrogen) atoms. The molecule has 5 aromatic carbocycles. The number of phenols is 1. The van der Waals surface area contributed by atoms with Crippen LogP contribution in [0.3, 0.4) is 0 Å². The van der Waals surface area contributed by atoms with Gasteiger partial charge in [0.15, 0.2) is 48.5 Å². The third kappa shape index (κ3) is 15.8. The van der Waals surface area contributed by atoms with E-state index in [9.17, 15) is 39.0 Å². The van der Waals surface area contributed by atoms with Gasteiger partial charge in [-0.25, -0.2) is 9.97 Å². The van der Waals surface area contributed by atoms with Crippen LogP contribution in [0.25, 0.3) is 33.3 Å². The second-order valence-corrected chi connectivity index (χ2v) is 17.9. The fourth-order valence-corrected chi connectivity index (χ4v) is 7.79. The number of rotatable bonds is 22. The Hall–Kier alpha value is -10.5. The number of aromatic nitrogens is 2. The number of hydrogen-bond acceptors (Lipinski definition) is 15. The number of nitrogens with zero attached hydrogens (tertiary/aromatic N) is 3. The molecule has 29 nitrogen and oxygen atoms in total. The van der Waals surface area contributed by atoms with Gasteiger partial charge in [0.1, 0.15) is 11.8 Å². The van der Waals surface area contributed by atoms with Gasteiger partial charge in [-0.3, -0.25) is 50.4 Å². The van der Waals surface area contributed by atoms with Crippen LogP contribution >= 0.6 is 23.2 Å². The lowest BCUT2D eigenvalue weighted by Crippen LogP contribution is -2.68. The molecule has 0 fully saturated rings. The number of nitrogens with one attached hydrogen (secondary N) is 13. The van der Waals surface area contributed by atoms with E-state index in [0.29, 0.717) is 43.3 Å². The number of benzene rings is 5. The first-order valence-electron chi connectivity index (χ1n) is 23.3. The number of hydrogen-bond donors (Lipinski definition) is 20. The van der Waals surface area contributed by atoms with Gasteiger partial charge in [0.05, 0.1) is 17.9 Å². The molecular formula is C49H53Cl2N21O8. The summed E-state index contributed by atoms with van der Waals surface area (Å²) in [7, 11) is 0. The molecule has 416 valence electrons. The normalized spacial score (nSPS) is 13.0. The maximum absolute atomic E-state index is 14.8. The highest BCUT2D eigenvalue weighted by molar-refractivity contribution is 6.31. The van der Waals surface area contributed by atoms with Crippen molar-refractivity contribution >= 4 is 99.2 Å². The highest BCUT2D eigenvalue weighted by Crippen LogP contribution is 2.33. The number of aromatic hydroxyl groups is 1. The molecule has 1 heterocycles. The number of aliphatic hydroxyl groups is 1. The molecule has 6 aromatic rings. The summed E-state index contributed by atoms with van der Waals surface area (Å²) in [6, 6.07) is 30.8. The van der Waals surface area contributed by atoms with E-state index in [1.807, 2.05) is 5.32 Å². The van der Waals surface area contributed by atoms with Crippen LogP contribution in [0.5, 0.6) is 5.75 Å². The average Bonchev–Trinajstić information content (AvgIpc) is 3.42. The number of primary amides is 1. The van der Waals surface area contributed by atoms with Crippen LogP contribution in [0.2, 0.25) is 10.0 Å². The van der Waals surface area contributed by atoms with Gasteiger partial charge in [-0.2, -0.15) is 0 Å². The fraction of sp³-hybridized carbons (Fsp3) is 0.143. The van der Waals surface area contributed by atoms with Crippen molar-refractivity contribution in [3.05, 3.63) is 142 Å². The Morgan fingerprint density at radius 2 is 0.938 bits per heavy atom. The van der Waals surface area contributed by atoms with Gasteiger partial charge in [0.2, 0.25) is 18.1 Å². The number of aliphatic hydroxyl groups excluding tert-OH is 1. The van der Waals surface area contributed by atoms with E-state index in [1.165, 1.54) is 30.3 Å². The predicted octanol–water partition coefficient (Wildman–Crippen LogP) is -1.65. The molecule has 0 saturated heterocycles. The minimum Gasteiger partial charge on any atom is -0.508 e. The van der Waals surface area contributed by atoms with Crippen molar-refractivity contribution in [3.8, 4) is 28.3 Å². The molecule has 31 heteroatoms. The second-order valence-electron chi connectivity index (χ2n) is 17.0. The Bertz CT molecular complexity index is 3280. The van der Waals surface area contributed by atoms with Crippen LogP contribution in [-0.2, 0) is 35.3 Å². The summed E-state index contributed by atoms with van der Waals surface area (Å²) in [5, 5.41) is 76.1. The van der Waals surface area contributed by atoms with Gasteiger partial charge in [0.25, 0.3) is 29.5 Å². The largest absolute Gasteiger partial charge is 0.508 e. The van der Waals surface area contributed by atoms with Crippen molar-refractivity contribution in [3.63, 3.8) is 0 Å². The lowest BCUT2D eigenvalue weighted by Gasteiger charge is -2.30. The van der Waals surface area contributed by atoms with Crippen LogP contribution in [-0.4, -0.2) is 110 Å². The van der Waals surface area contributed by atoms with Crippen molar-refractivity contribution in [1.82, 2.24) is 57.8 Å². The lowest BCUT2D eigenvalue weighted by molar-refractivity contribution is -0.136. The molecule has 6 rings (SSSR count). The van der Waals surface area contributed by atoms with Crippen LogP contribution in [0.1, 0.15) is 17.2 Å². The van der Waals surface area contributed by atoms with Gasteiger partial charge in [0, 0.05) is 26.7 Å². The quantitative estimate of drug-likeness (QED) is 0.0206. The van der Waals surface area contributed by atoms with E-state index in [-0.39, 0.29) is 22.8 Å². The van der Waals surface area contributed by atoms with E-state index < -0.39 is 103 Å². The number of carbonyl (C=O) groups excluding carboxylic acids is 6. The van der Waals surface area contributed by atoms with E-state index in [1.54, 1.807) is 91.0 Å². The number of anilines is 1. The summed E-state index contributed by atoms with van der Waals surface area (Å²) < 4.78 is 0. The number of carbonyl (C=O) groups is 6. The van der Waals surface area contributed by atoms with Gasteiger partial charge >= 0.3 is 0 Å². The molecule has 0 aliphatic carbocycles. The Balaban J connectivity index is 1.34. The van der Waals surface area contributed by atoms with Crippen molar-refractivity contribution < 1.29 is 39.0 Å². The SMILES string of the molecule is N=C(N)NC(NC(=O)C(NC(=N)N)NC(=O)C(NC(=N)N)NC(=O)C(NC(=N)N)NC(=O)C(NC(=O)C(O)N(Cc1c(O)ccc2ccccc12)c1nc(-c2ccc(Cl)cc2)cc(-c2ccc(Cl)cc2)n1)c1ccccc1)C(N)=O. The van der Waals surface area contributed by atoms with Crippen molar-refractivity contribution in [2.45, 2.75) is 43.5 Å². The van der Waals surface area contributed by atoms with Crippen LogP contribution in [0.15, 0.2) is 121 Å². The first-order valence-corrected chi connectivity index (χ1v) is 24.1. The van der Waals surface area contributed by atoms with Gasteiger partial charge in [-0.1, -0.05) is 108 Å². The Labute approximate surface area is 463 Å². The summed E-state index contributed by atoms with van der Waals surface area (Å²) >= 11 is 12.5. The smallest absolute Gasteiger partial charge is 0.271 e. The first kappa shape index (κ1) is 58.7. The van der Waals surface area contributed by atoms with Crippen molar-refractivity contribution in [2.75, 3.05) is 4.90 Å². The van der Waals surface area contributed by atoms with E-state index in [0.717, 1.165) is 4.90 Å². The number of fused-ring (bicyclic) bond motifs is 1. The topological polar surface area (TPSA) is 506 Å². The van der Waals surface area contributed by atoms with E-state index >= 15 is 0 Å². The predicted molar refractivity (Wildman–Crippen MR) is 295 cm³/mol. The molecule has 6 amide bonds. The molecule has 0 radical (unpaired) electrons. The Morgan fingerprint density at radius 1 is 0.512 bits per heavy atom. The molecule has 25 N–H and O–H groups in total. The summed E-state index contributed by atoms with van der Waals surface area (Å²) in [6.45, 7) is -0.427. The maximum Gasteiger partial charge on any atom is 0.271 e. The second kappa shape index (κ2) is 26.5. The number of halogens is 2. The lowest BCUT2D eigenvalue weighted by atomic mass is 10.0. The average molecular weight is 1140 g/mol. The van der Waals surface area contributed by atoms with Gasteiger partial charge in [-0.15, -0.1) is 0 Å². The number of phenolic OH excluding ortho intramolecular Hbond substituents is 1. The van der Waals surface area contributed by atoms with Crippen molar-refractivity contribution in [1.29, 1.82) is 21.6 Å².